The van der Waals surface area contributed by atoms with Gasteiger partial charge in [-0.05, 0) is 43.2 Å². The van der Waals surface area contributed by atoms with Crippen LogP contribution in [0.1, 0.15) is 19.3 Å². The van der Waals surface area contributed by atoms with E-state index in [1.807, 2.05) is 0 Å². The minimum Gasteiger partial charge on any atom is -0.550 e. The first-order chi connectivity index (χ1) is 9.97. The van der Waals surface area contributed by atoms with Gasteiger partial charge in [0, 0.05) is 23.9 Å². The quantitative estimate of drug-likeness (QED) is 0.914. The van der Waals surface area contributed by atoms with Gasteiger partial charge < -0.3 is 15.2 Å². The van der Waals surface area contributed by atoms with Crippen LogP contribution in [-0.4, -0.2) is 11.9 Å². The molecule has 1 amide bonds. The number of carbonyl (C=O) groups is 2. The molecular formula is C15H14F2NO3-. The van der Waals surface area contributed by atoms with Gasteiger partial charge in [0.25, 0.3) is 0 Å². The molecule has 3 rings (SSSR count). The van der Waals surface area contributed by atoms with Crippen molar-refractivity contribution < 1.29 is 23.5 Å². The zero-order chi connectivity index (χ0) is 15.1. The molecule has 0 aliphatic heterocycles. The molecule has 2 bridgehead atoms. The predicted octanol–water partition coefficient (Wildman–Crippen LogP) is 1.32. The molecule has 2 saturated carbocycles. The van der Waals surface area contributed by atoms with E-state index in [0.717, 1.165) is 31.0 Å². The normalized spacial score (nSPS) is 30.4. The maximum atomic E-state index is 13.6. The minimum atomic E-state index is -1.23. The molecule has 2 fully saturated rings. The van der Waals surface area contributed by atoms with Gasteiger partial charge in [0.05, 0.1) is 5.69 Å². The molecule has 4 nitrogen and oxygen atoms in total. The molecule has 0 unspecified atom stereocenters. The topological polar surface area (TPSA) is 69.2 Å². The van der Waals surface area contributed by atoms with Gasteiger partial charge in [-0.15, -0.1) is 0 Å². The molecule has 21 heavy (non-hydrogen) atoms. The highest BCUT2D eigenvalue weighted by atomic mass is 19.1. The Balaban J connectivity index is 1.81. The van der Waals surface area contributed by atoms with E-state index in [0.29, 0.717) is 6.42 Å². The number of rotatable bonds is 3. The van der Waals surface area contributed by atoms with E-state index in [1.165, 1.54) is 0 Å². The summed E-state index contributed by atoms with van der Waals surface area (Å²) in [5, 5.41) is 13.6. The molecule has 2 aliphatic rings. The summed E-state index contributed by atoms with van der Waals surface area (Å²) < 4.78 is 26.7. The van der Waals surface area contributed by atoms with E-state index in [9.17, 15) is 23.5 Å². The van der Waals surface area contributed by atoms with E-state index < -0.39 is 35.3 Å². The molecule has 0 spiro atoms. The van der Waals surface area contributed by atoms with E-state index >= 15 is 0 Å². The monoisotopic (exact) mass is 294 g/mol. The van der Waals surface area contributed by atoms with E-state index in [-0.39, 0.29) is 17.5 Å². The average molecular weight is 294 g/mol. The second-order valence-corrected chi connectivity index (χ2v) is 5.82. The van der Waals surface area contributed by atoms with E-state index in [2.05, 4.69) is 5.32 Å². The Hall–Kier alpha value is -1.98. The predicted molar refractivity (Wildman–Crippen MR) is 67.8 cm³/mol. The van der Waals surface area contributed by atoms with Gasteiger partial charge in [-0.1, -0.05) is 0 Å². The van der Waals surface area contributed by atoms with Gasteiger partial charge >= 0.3 is 0 Å². The number of carboxylic acids is 1. The second-order valence-electron chi connectivity index (χ2n) is 5.82. The van der Waals surface area contributed by atoms with Crippen LogP contribution in [-0.2, 0) is 9.59 Å². The van der Waals surface area contributed by atoms with Crippen LogP contribution in [0.3, 0.4) is 0 Å². The van der Waals surface area contributed by atoms with E-state index in [4.69, 9.17) is 0 Å². The van der Waals surface area contributed by atoms with Crippen molar-refractivity contribution in [2.45, 2.75) is 19.3 Å². The van der Waals surface area contributed by atoms with Crippen molar-refractivity contribution >= 4 is 17.6 Å². The Morgan fingerprint density at radius 2 is 1.81 bits per heavy atom. The van der Waals surface area contributed by atoms with Crippen LogP contribution in [0.2, 0.25) is 0 Å². The van der Waals surface area contributed by atoms with Crippen LogP contribution in [0, 0.1) is 35.3 Å². The van der Waals surface area contributed by atoms with Gasteiger partial charge in [-0.25, -0.2) is 8.78 Å². The SMILES string of the molecule is O=C([O-])[C@H]1[C@H]2CC[C@@H](C2)[C@@H]1C(=O)Nc1cc(F)ccc1F. The van der Waals surface area contributed by atoms with Gasteiger partial charge in [-0.2, -0.15) is 0 Å². The lowest BCUT2D eigenvalue weighted by molar-refractivity contribution is -0.314. The second kappa shape index (κ2) is 5.09. The Labute approximate surface area is 120 Å². The Bertz CT molecular complexity index is 605. The highest BCUT2D eigenvalue weighted by Gasteiger charge is 2.51. The van der Waals surface area contributed by atoms with Crippen molar-refractivity contribution in [3.05, 3.63) is 29.8 Å². The number of amides is 1. The summed E-state index contributed by atoms with van der Waals surface area (Å²) in [6.07, 6.45) is 2.25. The number of anilines is 1. The average Bonchev–Trinajstić information content (AvgIpc) is 3.03. The number of carboxylic acid groups (broad SMARTS) is 1. The number of carbonyl (C=O) groups excluding carboxylic acids is 2. The van der Waals surface area contributed by atoms with Crippen LogP contribution in [0.25, 0.3) is 0 Å². The first-order valence-corrected chi connectivity index (χ1v) is 6.94. The standard InChI is InChI=1S/C15H15F2NO3/c16-9-3-4-10(17)11(6-9)18-14(19)12-7-1-2-8(5-7)13(12)15(20)21/h3-4,6-8,12-13H,1-2,5H2,(H,18,19)(H,20,21)/p-1/t7-,8-,12-,13-/m0/s1. The van der Waals surface area contributed by atoms with Gasteiger partial charge in [0.15, 0.2) is 0 Å². The number of benzene rings is 1. The summed E-state index contributed by atoms with van der Waals surface area (Å²) in [4.78, 5) is 23.5. The maximum Gasteiger partial charge on any atom is 0.228 e. The molecule has 0 saturated heterocycles. The highest BCUT2D eigenvalue weighted by molar-refractivity contribution is 5.95. The van der Waals surface area contributed by atoms with Crippen molar-refractivity contribution in [1.29, 1.82) is 0 Å². The summed E-state index contributed by atoms with van der Waals surface area (Å²) in [5.41, 5.74) is -0.264. The van der Waals surface area contributed by atoms with Crippen molar-refractivity contribution in [3.8, 4) is 0 Å². The molecule has 6 heteroatoms. The Morgan fingerprint density at radius 3 is 2.48 bits per heavy atom. The summed E-state index contributed by atoms with van der Waals surface area (Å²) in [6.45, 7) is 0. The third kappa shape index (κ3) is 2.39. The first kappa shape index (κ1) is 14.0. The highest BCUT2D eigenvalue weighted by Crippen LogP contribution is 2.52. The lowest BCUT2D eigenvalue weighted by Crippen LogP contribution is -2.44. The molecule has 0 heterocycles. The van der Waals surface area contributed by atoms with Crippen molar-refractivity contribution in [1.82, 2.24) is 0 Å². The number of hydrogen-bond acceptors (Lipinski definition) is 3. The summed E-state index contributed by atoms with van der Waals surface area (Å²) in [6, 6.07) is 2.75. The van der Waals surface area contributed by atoms with Gasteiger partial charge in [0.1, 0.15) is 11.6 Å². The van der Waals surface area contributed by atoms with Crippen LogP contribution >= 0.6 is 0 Å². The molecule has 0 radical (unpaired) electrons. The number of hydrogen-bond donors (Lipinski definition) is 1. The van der Waals surface area contributed by atoms with Crippen molar-refractivity contribution in [2.24, 2.45) is 23.7 Å². The number of nitrogens with one attached hydrogen (secondary N) is 1. The fourth-order valence-electron chi connectivity index (χ4n) is 3.82. The largest absolute Gasteiger partial charge is 0.550 e. The summed E-state index contributed by atoms with van der Waals surface area (Å²) in [5.74, 6) is -4.85. The van der Waals surface area contributed by atoms with Crippen LogP contribution in [0.4, 0.5) is 14.5 Å². The smallest absolute Gasteiger partial charge is 0.228 e. The van der Waals surface area contributed by atoms with E-state index in [1.54, 1.807) is 0 Å². The minimum absolute atomic E-state index is 0.0190. The van der Waals surface area contributed by atoms with Crippen LogP contribution in [0.5, 0.6) is 0 Å². The third-order valence-electron chi connectivity index (χ3n) is 4.68. The fourth-order valence-corrected chi connectivity index (χ4v) is 3.82. The Morgan fingerprint density at radius 1 is 1.14 bits per heavy atom. The summed E-state index contributed by atoms with van der Waals surface area (Å²) >= 11 is 0. The van der Waals surface area contributed by atoms with Crippen LogP contribution in [0.15, 0.2) is 18.2 Å². The maximum absolute atomic E-state index is 13.6. The zero-order valence-electron chi connectivity index (χ0n) is 11.1. The van der Waals surface area contributed by atoms with Gasteiger partial charge in [0.2, 0.25) is 5.91 Å². The Kier molecular flexibility index (Phi) is 3.39. The molecule has 2 aliphatic carbocycles. The first-order valence-electron chi connectivity index (χ1n) is 6.94. The summed E-state index contributed by atoms with van der Waals surface area (Å²) in [7, 11) is 0. The molecule has 112 valence electrons. The molecule has 1 N–H and O–H groups in total. The third-order valence-corrected chi connectivity index (χ3v) is 4.68. The number of aliphatic carboxylic acids is 1. The fraction of sp³-hybridized carbons (Fsp3) is 0.467. The molecule has 1 aromatic rings. The molecule has 4 atom stereocenters. The van der Waals surface area contributed by atoms with Crippen molar-refractivity contribution in [2.75, 3.05) is 5.32 Å². The lowest BCUT2D eigenvalue weighted by Gasteiger charge is -2.30. The zero-order valence-corrected chi connectivity index (χ0v) is 11.1. The molecule has 0 aromatic heterocycles. The van der Waals surface area contributed by atoms with Crippen molar-refractivity contribution in [3.63, 3.8) is 0 Å². The lowest BCUT2D eigenvalue weighted by atomic mass is 9.78. The number of halogens is 2. The number of fused-ring (bicyclic) bond motifs is 2. The molecular weight excluding hydrogens is 280 g/mol. The van der Waals surface area contributed by atoms with Crippen LogP contribution < -0.4 is 10.4 Å². The molecule has 1 aromatic carbocycles. The van der Waals surface area contributed by atoms with Gasteiger partial charge in [-0.3, -0.25) is 4.79 Å².